The van der Waals surface area contributed by atoms with E-state index in [0.717, 1.165) is 17.5 Å². The number of ether oxygens (including phenoxy) is 5. The molecule has 30 heavy (non-hydrogen) atoms. The van der Waals surface area contributed by atoms with Crippen LogP contribution in [0.25, 0.3) is 0 Å². The molecule has 0 fully saturated rings. The van der Waals surface area contributed by atoms with Crippen molar-refractivity contribution in [3.63, 3.8) is 0 Å². The minimum atomic E-state index is -0.135. The van der Waals surface area contributed by atoms with Gasteiger partial charge in [-0.1, -0.05) is 0 Å². The molecule has 0 spiro atoms. The van der Waals surface area contributed by atoms with Crippen molar-refractivity contribution in [1.29, 1.82) is 0 Å². The Morgan fingerprint density at radius 2 is 1.40 bits per heavy atom. The summed E-state index contributed by atoms with van der Waals surface area (Å²) in [5.41, 5.74) is 3.07. The van der Waals surface area contributed by atoms with Gasteiger partial charge >= 0.3 is 6.03 Å². The van der Waals surface area contributed by atoms with Gasteiger partial charge in [0.15, 0.2) is 23.0 Å². The molecule has 2 aromatic rings. The van der Waals surface area contributed by atoms with Gasteiger partial charge in [0, 0.05) is 19.6 Å². The van der Waals surface area contributed by atoms with Gasteiger partial charge in [-0.05, 0) is 47.4 Å². The fraction of sp³-hybridized carbons (Fsp3) is 0.409. The SMILES string of the molecule is COc1cc2c(cc1OC)CN(C(=O)NCc1cc(OC)c(OC)c(OC)c1)CC2. The second kappa shape index (κ2) is 9.47. The van der Waals surface area contributed by atoms with Crippen LogP contribution in [0.5, 0.6) is 28.7 Å². The van der Waals surface area contributed by atoms with E-state index in [1.807, 2.05) is 24.3 Å². The molecule has 0 atom stereocenters. The van der Waals surface area contributed by atoms with Crippen LogP contribution in [-0.4, -0.2) is 53.0 Å². The summed E-state index contributed by atoms with van der Waals surface area (Å²) in [6.07, 6.45) is 0.757. The Morgan fingerprint density at radius 3 is 1.93 bits per heavy atom. The Hall–Kier alpha value is -3.29. The summed E-state index contributed by atoms with van der Waals surface area (Å²) in [6.45, 7) is 1.48. The molecule has 2 amide bonds. The highest BCUT2D eigenvalue weighted by Gasteiger charge is 2.23. The average Bonchev–Trinajstić information content (AvgIpc) is 2.80. The van der Waals surface area contributed by atoms with Crippen molar-refractivity contribution in [3.8, 4) is 28.7 Å². The van der Waals surface area contributed by atoms with Gasteiger partial charge in [-0.15, -0.1) is 0 Å². The zero-order chi connectivity index (χ0) is 21.7. The lowest BCUT2D eigenvalue weighted by Gasteiger charge is -2.29. The van der Waals surface area contributed by atoms with Crippen LogP contribution in [-0.2, 0) is 19.5 Å². The zero-order valence-electron chi connectivity index (χ0n) is 18.0. The fourth-order valence-electron chi connectivity index (χ4n) is 3.58. The number of fused-ring (bicyclic) bond motifs is 1. The Morgan fingerprint density at radius 1 is 0.833 bits per heavy atom. The van der Waals surface area contributed by atoms with Crippen molar-refractivity contribution in [2.75, 3.05) is 42.1 Å². The molecular formula is C22H28N2O6. The molecule has 1 N–H and O–H groups in total. The average molecular weight is 416 g/mol. The van der Waals surface area contributed by atoms with Crippen LogP contribution in [0.4, 0.5) is 4.79 Å². The highest BCUT2D eigenvalue weighted by atomic mass is 16.5. The first-order valence-electron chi connectivity index (χ1n) is 9.60. The lowest BCUT2D eigenvalue weighted by Crippen LogP contribution is -2.42. The summed E-state index contributed by atoms with van der Waals surface area (Å²) in [7, 11) is 7.91. The topological polar surface area (TPSA) is 78.5 Å². The second-order valence-corrected chi connectivity index (χ2v) is 6.84. The van der Waals surface area contributed by atoms with Gasteiger partial charge < -0.3 is 33.9 Å². The van der Waals surface area contributed by atoms with E-state index >= 15 is 0 Å². The number of urea groups is 1. The van der Waals surface area contributed by atoms with Gasteiger partial charge in [-0.2, -0.15) is 0 Å². The first-order valence-corrected chi connectivity index (χ1v) is 9.60. The molecular weight excluding hydrogens is 388 g/mol. The van der Waals surface area contributed by atoms with Gasteiger partial charge in [-0.25, -0.2) is 4.79 Å². The first kappa shape index (κ1) is 21.4. The van der Waals surface area contributed by atoms with Crippen LogP contribution in [0, 0.1) is 0 Å². The molecule has 1 aliphatic heterocycles. The molecule has 0 aliphatic carbocycles. The highest BCUT2D eigenvalue weighted by Crippen LogP contribution is 2.38. The summed E-state index contributed by atoms with van der Waals surface area (Å²) in [4.78, 5) is 14.5. The van der Waals surface area contributed by atoms with E-state index in [1.54, 1.807) is 40.4 Å². The number of benzene rings is 2. The van der Waals surface area contributed by atoms with Crippen LogP contribution in [0.15, 0.2) is 24.3 Å². The summed E-state index contributed by atoms with van der Waals surface area (Å²) < 4.78 is 26.8. The predicted octanol–water partition coefficient (Wildman–Crippen LogP) is 3.00. The molecule has 0 aromatic heterocycles. The molecule has 162 valence electrons. The summed E-state index contributed by atoms with van der Waals surface area (Å²) in [5, 5.41) is 2.97. The zero-order valence-corrected chi connectivity index (χ0v) is 18.0. The van der Waals surface area contributed by atoms with E-state index < -0.39 is 0 Å². The van der Waals surface area contributed by atoms with Crippen LogP contribution in [0.2, 0.25) is 0 Å². The third-order valence-electron chi connectivity index (χ3n) is 5.17. The number of nitrogens with one attached hydrogen (secondary N) is 1. The number of carbonyl (C=O) groups excluding carboxylic acids is 1. The largest absolute Gasteiger partial charge is 0.493 e. The molecule has 8 heteroatoms. The predicted molar refractivity (Wildman–Crippen MR) is 112 cm³/mol. The third kappa shape index (κ3) is 4.32. The van der Waals surface area contributed by atoms with E-state index in [1.165, 1.54) is 5.56 Å². The molecule has 0 bridgehead atoms. The van der Waals surface area contributed by atoms with Gasteiger partial charge in [-0.3, -0.25) is 0 Å². The van der Waals surface area contributed by atoms with Crippen LogP contribution in [0.3, 0.4) is 0 Å². The van der Waals surface area contributed by atoms with Crippen molar-refractivity contribution in [2.45, 2.75) is 19.5 Å². The number of methoxy groups -OCH3 is 5. The number of rotatable bonds is 7. The van der Waals surface area contributed by atoms with E-state index in [0.29, 0.717) is 48.4 Å². The Labute approximate surface area is 176 Å². The van der Waals surface area contributed by atoms with Gasteiger partial charge in [0.2, 0.25) is 5.75 Å². The monoisotopic (exact) mass is 416 g/mol. The van der Waals surface area contributed by atoms with Gasteiger partial charge in [0.05, 0.1) is 35.5 Å². The number of hydrogen-bond acceptors (Lipinski definition) is 6. The first-order chi connectivity index (χ1) is 14.5. The van der Waals surface area contributed by atoms with Crippen molar-refractivity contribution >= 4 is 6.03 Å². The highest BCUT2D eigenvalue weighted by molar-refractivity contribution is 5.75. The van der Waals surface area contributed by atoms with Crippen molar-refractivity contribution in [1.82, 2.24) is 10.2 Å². The molecule has 0 radical (unpaired) electrons. The molecule has 2 aromatic carbocycles. The van der Waals surface area contributed by atoms with E-state index in [9.17, 15) is 4.79 Å². The van der Waals surface area contributed by atoms with Crippen molar-refractivity contribution in [2.24, 2.45) is 0 Å². The fourth-order valence-corrected chi connectivity index (χ4v) is 3.58. The maximum atomic E-state index is 12.8. The smallest absolute Gasteiger partial charge is 0.317 e. The van der Waals surface area contributed by atoms with E-state index in [-0.39, 0.29) is 6.03 Å². The van der Waals surface area contributed by atoms with E-state index in [4.69, 9.17) is 23.7 Å². The molecule has 1 heterocycles. The normalized spacial score (nSPS) is 12.6. The molecule has 0 saturated carbocycles. The number of nitrogens with zero attached hydrogens (tertiary/aromatic N) is 1. The Balaban J connectivity index is 1.69. The maximum Gasteiger partial charge on any atom is 0.317 e. The van der Waals surface area contributed by atoms with Crippen molar-refractivity contribution < 1.29 is 28.5 Å². The number of amides is 2. The number of carbonyl (C=O) groups is 1. The molecule has 0 saturated heterocycles. The third-order valence-corrected chi connectivity index (χ3v) is 5.17. The molecule has 0 unspecified atom stereocenters. The van der Waals surface area contributed by atoms with Crippen LogP contribution >= 0.6 is 0 Å². The van der Waals surface area contributed by atoms with Crippen LogP contribution < -0.4 is 29.0 Å². The van der Waals surface area contributed by atoms with Crippen molar-refractivity contribution in [3.05, 3.63) is 41.0 Å². The minimum absolute atomic E-state index is 0.135. The quantitative estimate of drug-likeness (QED) is 0.748. The molecule has 8 nitrogen and oxygen atoms in total. The lowest BCUT2D eigenvalue weighted by molar-refractivity contribution is 0.191. The molecule has 3 rings (SSSR count). The lowest BCUT2D eigenvalue weighted by atomic mass is 9.99. The maximum absolute atomic E-state index is 12.8. The Kier molecular flexibility index (Phi) is 6.76. The van der Waals surface area contributed by atoms with Gasteiger partial charge in [0.25, 0.3) is 0 Å². The van der Waals surface area contributed by atoms with Crippen LogP contribution in [0.1, 0.15) is 16.7 Å². The standard InChI is InChI=1S/C22H28N2O6/c1-26-17-10-15-6-7-24(13-16(15)11-18(17)27-2)22(25)23-12-14-8-19(28-3)21(30-5)20(9-14)29-4/h8-11H,6-7,12-13H2,1-5H3,(H,23,25). The second-order valence-electron chi connectivity index (χ2n) is 6.84. The van der Waals surface area contributed by atoms with E-state index in [2.05, 4.69) is 5.32 Å². The summed E-state index contributed by atoms with van der Waals surface area (Å²) in [5.74, 6) is 2.99. The summed E-state index contributed by atoms with van der Waals surface area (Å²) >= 11 is 0. The number of hydrogen-bond donors (Lipinski definition) is 1. The molecule has 1 aliphatic rings. The van der Waals surface area contributed by atoms with Gasteiger partial charge in [0.1, 0.15) is 0 Å². The minimum Gasteiger partial charge on any atom is -0.493 e. The Bertz CT molecular complexity index is 890. The summed E-state index contributed by atoms with van der Waals surface area (Å²) in [6, 6.07) is 7.44.